The van der Waals surface area contributed by atoms with E-state index < -0.39 is 30.6 Å². The van der Waals surface area contributed by atoms with Crippen LogP contribution >= 0.6 is 0 Å². The lowest BCUT2D eigenvalue weighted by molar-refractivity contribution is -0.205. The summed E-state index contributed by atoms with van der Waals surface area (Å²) in [7, 11) is 3.47. The summed E-state index contributed by atoms with van der Waals surface area (Å²) in [5.74, 6) is -3.39. The first-order valence-corrected chi connectivity index (χ1v) is 17.1. The number of nitrogens with two attached hydrogens (primary N) is 1. The van der Waals surface area contributed by atoms with Crippen LogP contribution in [-0.4, -0.2) is 103 Å². The minimum Gasteiger partial charge on any atom is -0.493 e. The minimum absolute atomic E-state index is 0.237. The lowest BCUT2D eigenvalue weighted by Gasteiger charge is -2.35. The molecule has 1 unspecified atom stereocenters. The van der Waals surface area contributed by atoms with Gasteiger partial charge in [-0.2, -0.15) is 18.3 Å². The predicted molar refractivity (Wildman–Crippen MR) is 187 cm³/mol. The molecule has 1 saturated heterocycles. The lowest BCUT2D eigenvalue weighted by atomic mass is 9.93. The molecule has 1 amide bonds. The molecular formula is C36H48F3N7O5. The summed E-state index contributed by atoms with van der Waals surface area (Å²) >= 11 is 0. The van der Waals surface area contributed by atoms with Gasteiger partial charge in [-0.15, -0.1) is 0 Å². The molecule has 2 heterocycles. The number of methoxy groups -OCH3 is 1. The van der Waals surface area contributed by atoms with Crippen LogP contribution in [0.25, 0.3) is 11.1 Å². The van der Waals surface area contributed by atoms with Crippen LogP contribution in [0.5, 0.6) is 5.75 Å². The molecule has 1 fully saturated rings. The second-order valence-corrected chi connectivity index (χ2v) is 12.4. The SMILES string of the molecule is CCCCN=C(N)NC(=O)C(Cc1ccc(-c2ccccc2)c(CN2CCN(Cc3cnn(C)c3)CC2)c1OCCCOC)OC(=O)C(F)(F)F. The van der Waals surface area contributed by atoms with E-state index in [0.29, 0.717) is 43.9 Å². The van der Waals surface area contributed by atoms with E-state index in [1.165, 1.54) is 0 Å². The molecule has 15 heteroatoms. The van der Waals surface area contributed by atoms with Gasteiger partial charge in [0.1, 0.15) is 5.75 Å². The number of guanidine groups is 1. The number of hydrogen-bond donors (Lipinski definition) is 2. The average Bonchev–Trinajstić information content (AvgIpc) is 3.52. The number of benzene rings is 2. The fourth-order valence-corrected chi connectivity index (χ4v) is 5.77. The summed E-state index contributed by atoms with van der Waals surface area (Å²) in [6.07, 6.45) is -1.68. The number of alkyl halides is 3. The quantitative estimate of drug-likeness (QED) is 0.0918. The van der Waals surface area contributed by atoms with E-state index in [2.05, 4.69) is 25.2 Å². The number of aliphatic imine (C=N–C) groups is 1. The molecule has 3 aromatic rings. The van der Waals surface area contributed by atoms with Crippen LogP contribution in [0.15, 0.2) is 59.9 Å². The second-order valence-electron chi connectivity index (χ2n) is 12.4. The first-order valence-electron chi connectivity index (χ1n) is 17.1. The zero-order valence-corrected chi connectivity index (χ0v) is 29.5. The molecule has 0 bridgehead atoms. The number of nitrogens with one attached hydrogen (secondary N) is 1. The topological polar surface area (TPSA) is 137 Å². The summed E-state index contributed by atoms with van der Waals surface area (Å²) in [5, 5.41) is 6.58. The van der Waals surface area contributed by atoms with Crippen molar-refractivity contribution in [2.45, 2.75) is 58.0 Å². The van der Waals surface area contributed by atoms with Gasteiger partial charge in [-0.05, 0) is 23.1 Å². The fraction of sp³-hybridized carbons (Fsp3) is 0.500. The number of piperazine rings is 1. The van der Waals surface area contributed by atoms with Crippen molar-refractivity contribution < 1.29 is 37.0 Å². The molecule has 4 rings (SSSR count). The number of amides is 1. The zero-order valence-electron chi connectivity index (χ0n) is 29.5. The van der Waals surface area contributed by atoms with Crippen LogP contribution in [0, 0.1) is 0 Å². The standard InChI is InChI=1S/C36H48F3N7O5/c1-4-5-14-41-35(40)43-33(47)31(51-34(48)36(37,38)39)21-28-12-13-29(27-10-7-6-8-11-27)30(32(28)50-20-9-19-49-3)25-46-17-15-45(16-18-46)24-26-22-42-44(2)23-26/h6-8,10-13,22-23,31H,4-5,9,14-21,24-25H2,1-3H3,(H3,40,41,43,47). The highest BCUT2D eigenvalue weighted by Crippen LogP contribution is 2.37. The lowest BCUT2D eigenvalue weighted by Crippen LogP contribution is -2.46. The molecule has 1 atom stereocenters. The second kappa shape index (κ2) is 19.2. The van der Waals surface area contributed by atoms with E-state index in [9.17, 15) is 22.8 Å². The Hall–Kier alpha value is -4.47. The number of aryl methyl sites for hydroxylation is 1. The van der Waals surface area contributed by atoms with E-state index in [4.69, 9.17) is 19.9 Å². The van der Waals surface area contributed by atoms with Crippen molar-refractivity contribution in [2.24, 2.45) is 17.8 Å². The Kier molecular flexibility index (Phi) is 14.8. The Morgan fingerprint density at radius 2 is 1.73 bits per heavy atom. The number of halogens is 3. The number of hydrogen-bond acceptors (Lipinski definition) is 9. The number of esters is 1. The van der Waals surface area contributed by atoms with E-state index in [0.717, 1.165) is 61.4 Å². The molecule has 278 valence electrons. The minimum atomic E-state index is -5.32. The highest BCUT2D eigenvalue weighted by atomic mass is 19.4. The molecule has 51 heavy (non-hydrogen) atoms. The number of rotatable bonds is 17. The number of carbonyl (C=O) groups excluding carboxylic acids is 2. The third-order valence-electron chi connectivity index (χ3n) is 8.40. The van der Waals surface area contributed by atoms with Crippen LogP contribution < -0.4 is 15.8 Å². The van der Waals surface area contributed by atoms with Crippen molar-refractivity contribution in [3.8, 4) is 16.9 Å². The first kappa shape index (κ1) is 39.3. The van der Waals surface area contributed by atoms with Crippen LogP contribution in [0.3, 0.4) is 0 Å². The Labute approximate surface area is 296 Å². The van der Waals surface area contributed by atoms with Gasteiger partial charge >= 0.3 is 12.1 Å². The van der Waals surface area contributed by atoms with Gasteiger partial charge in [0, 0.05) is 96.7 Å². The van der Waals surface area contributed by atoms with Gasteiger partial charge in [0.2, 0.25) is 0 Å². The van der Waals surface area contributed by atoms with Gasteiger partial charge in [-0.1, -0.05) is 55.8 Å². The van der Waals surface area contributed by atoms with Crippen molar-refractivity contribution >= 4 is 17.8 Å². The third-order valence-corrected chi connectivity index (χ3v) is 8.40. The summed E-state index contributed by atoms with van der Waals surface area (Å²) in [6, 6.07) is 13.3. The summed E-state index contributed by atoms with van der Waals surface area (Å²) < 4.78 is 58.4. The molecule has 1 aliphatic rings. The van der Waals surface area contributed by atoms with Crippen LogP contribution in [0.1, 0.15) is 42.9 Å². The van der Waals surface area contributed by atoms with Crippen molar-refractivity contribution in [2.75, 3.05) is 53.0 Å². The normalized spacial score (nSPS) is 15.1. The van der Waals surface area contributed by atoms with Gasteiger partial charge in [-0.25, -0.2) is 4.79 Å². The van der Waals surface area contributed by atoms with Crippen molar-refractivity contribution in [1.29, 1.82) is 0 Å². The van der Waals surface area contributed by atoms with E-state index >= 15 is 0 Å². The maximum absolute atomic E-state index is 13.4. The Balaban J connectivity index is 1.68. The molecule has 1 aromatic heterocycles. The molecule has 0 aliphatic carbocycles. The molecule has 2 aromatic carbocycles. The Morgan fingerprint density at radius 1 is 1.02 bits per heavy atom. The molecule has 0 radical (unpaired) electrons. The third kappa shape index (κ3) is 12.1. The van der Waals surface area contributed by atoms with Crippen molar-refractivity contribution in [3.05, 3.63) is 71.5 Å². The molecule has 0 saturated carbocycles. The largest absolute Gasteiger partial charge is 0.493 e. The summed E-state index contributed by atoms with van der Waals surface area (Å²) in [4.78, 5) is 34.1. The molecule has 1 aliphatic heterocycles. The highest BCUT2D eigenvalue weighted by molar-refractivity contribution is 5.99. The van der Waals surface area contributed by atoms with Gasteiger partial charge in [-0.3, -0.25) is 29.6 Å². The number of unbranched alkanes of at least 4 members (excludes halogenated alkanes) is 1. The Morgan fingerprint density at radius 3 is 2.35 bits per heavy atom. The fourth-order valence-electron chi connectivity index (χ4n) is 5.77. The predicted octanol–water partition coefficient (Wildman–Crippen LogP) is 4.07. The van der Waals surface area contributed by atoms with Gasteiger partial charge < -0.3 is 19.9 Å². The Bertz CT molecular complexity index is 1590. The van der Waals surface area contributed by atoms with Crippen molar-refractivity contribution in [3.63, 3.8) is 0 Å². The maximum Gasteiger partial charge on any atom is 0.490 e. The van der Waals surface area contributed by atoms with Gasteiger partial charge in [0.25, 0.3) is 5.91 Å². The molecule has 0 spiro atoms. The first-order chi connectivity index (χ1) is 24.5. The number of carbonyl (C=O) groups is 2. The van der Waals surface area contributed by atoms with E-state index in [-0.39, 0.29) is 12.6 Å². The number of nitrogens with zero attached hydrogens (tertiary/aromatic N) is 5. The van der Waals surface area contributed by atoms with Crippen LogP contribution in [0.2, 0.25) is 0 Å². The van der Waals surface area contributed by atoms with E-state index in [1.807, 2.05) is 62.8 Å². The van der Waals surface area contributed by atoms with Gasteiger partial charge in [0.15, 0.2) is 12.1 Å². The smallest absolute Gasteiger partial charge is 0.490 e. The molecular weight excluding hydrogens is 667 g/mol. The number of aromatic nitrogens is 2. The van der Waals surface area contributed by atoms with Crippen LogP contribution in [0.4, 0.5) is 13.2 Å². The van der Waals surface area contributed by atoms with E-state index in [1.54, 1.807) is 17.9 Å². The molecule has 12 nitrogen and oxygen atoms in total. The average molecular weight is 716 g/mol. The zero-order chi connectivity index (χ0) is 36.8. The van der Waals surface area contributed by atoms with Crippen LogP contribution in [-0.2, 0) is 45.6 Å². The molecule has 3 N–H and O–H groups in total. The van der Waals surface area contributed by atoms with Gasteiger partial charge in [0.05, 0.1) is 12.8 Å². The maximum atomic E-state index is 13.4. The summed E-state index contributed by atoms with van der Waals surface area (Å²) in [6.45, 7) is 7.33. The summed E-state index contributed by atoms with van der Waals surface area (Å²) in [5.41, 5.74) is 9.99. The monoisotopic (exact) mass is 715 g/mol. The van der Waals surface area contributed by atoms with Crippen molar-refractivity contribution in [1.82, 2.24) is 24.9 Å². The highest BCUT2D eigenvalue weighted by Gasteiger charge is 2.43. The number of ether oxygens (including phenoxy) is 3.